The van der Waals surface area contributed by atoms with Gasteiger partial charge in [0.2, 0.25) is 5.91 Å². The lowest BCUT2D eigenvalue weighted by Gasteiger charge is -2.32. The van der Waals surface area contributed by atoms with Gasteiger partial charge >= 0.3 is 24.2 Å². The molecule has 5 aliphatic heterocycles. The summed E-state index contributed by atoms with van der Waals surface area (Å²) in [6.45, 7) is 23.5. The van der Waals surface area contributed by atoms with E-state index < -0.39 is 22.8 Å². The summed E-state index contributed by atoms with van der Waals surface area (Å²) >= 11 is 0. The minimum Gasteiger partial charge on any atom is -0.493 e. The van der Waals surface area contributed by atoms with Gasteiger partial charge in [-0.2, -0.15) is 20.2 Å². The zero-order chi connectivity index (χ0) is 104. The van der Waals surface area contributed by atoms with Crippen LogP contribution in [0.25, 0.3) is 34.4 Å². The predicted molar refractivity (Wildman–Crippen MR) is 526 cm³/mol. The first-order valence-corrected chi connectivity index (χ1v) is 45.9. The molecule has 143 heavy (non-hydrogen) atoms. The summed E-state index contributed by atoms with van der Waals surface area (Å²) in [6.07, 6.45) is 7.17. The first kappa shape index (κ1) is 117. The van der Waals surface area contributed by atoms with E-state index in [0.29, 0.717) is 170 Å². The van der Waals surface area contributed by atoms with Crippen molar-refractivity contribution in [3.05, 3.63) is 162 Å². The summed E-state index contributed by atoms with van der Waals surface area (Å²) in [6, 6.07) is 40.9. The van der Waals surface area contributed by atoms with E-state index in [4.69, 9.17) is 92.2 Å². The number of rotatable bonds is 23. The van der Waals surface area contributed by atoms with Crippen LogP contribution in [0.3, 0.4) is 0 Å². The number of hydrogen-bond donors (Lipinski definition) is 8. The number of carbonyl (C=O) groups excluding carboxylic acids is 7. The molecule has 9 aromatic rings. The fourth-order valence-corrected chi connectivity index (χ4v) is 14.6. The van der Waals surface area contributed by atoms with E-state index >= 15 is 0 Å². The molecule has 6 amide bonds. The van der Waals surface area contributed by atoms with Gasteiger partial charge < -0.3 is 127 Å². The Kier molecular flexibility index (Phi) is 48.3. The molecule has 778 valence electrons. The van der Waals surface area contributed by atoms with Crippen molar-refractivity contribution in [2.45, 2.75) is 161 Å². The van der Waals surface area contributed by atoms with Crippen molar-refractivity contribution in [3.8, 4) is 92.2 Å². The van der Waals surface area contributed by atoms with E-state index in [1.807, 2.05) is 98.7 Å². The summed E-state index contributed by atoms with van der Waals surface area (Å²) < 4.78 is 78.6. The molecule has 0 radical (unpaired) electrons. The number of hydrogen-bond acceptors (Lipinski definition) is 35. The number of piperidine rings is 5. The summed E-state index contributed by atoms with van der Waals surface area (Å²) in [5.41, 5.74) is 7.47. The van der Waals surface area contributed by atoms with Gasteiger partial charge in [-0.25, -0.2) is 20.3 Å². The minimum atomic E-state index is -1.05. The highest BCUT2D eigenvalue weighted by atomic mass is 35.5. The number of halogens is 1. The number of amidine groups is 1. The lowest BCUT2D eigenvalue weighted by atomic mass is 9.96. The number of carbonyl (C=O) groups is 8. The van der Waals surface area contributed by atoms with Crippen LogP contribution >= 0.6 is 12.4 Å². The molecule has 0 bridgehead atoms. The number of amides is 6. The Morgan fingerprint density at radius 3 is 1.09 bits per heavy atom. The number of aliphatic carboxylic acids is 1. The quantitative estimate of drug-likeness (QED) is 0.00736. The monoisotopic (exact) mass is 2010 g/mol. The predicted octanol–water partition coefficient (Wildman–Crippen LogP) is 14.0. The third kappa shape index (κ3) is 38.3. The summed E-state index contributed by atoms with van der Waals surface area (Å²) in [4.78, 5) is 112. The number of aromatic nitrogens is 6. The Morgan fingerprint density at radius 2 is 0.769 bits per heavy atom. The second-order valence-electron chi connectivity index (χ2n) is 35.4. The molecular weight excluding hydrogens is 1880 g/mol. The molecule has 8 heterocycles. The Bertz CT molecular complexity index is 5510. The lowest BCUT2D eigenvalue weighted by molar-refractivity contribution is -0.136. The maximum absolute atomic E-state index is 12.5. The van der Waals surface area contributed by atoms with Crippen molar-refractivity contribution in [2.24, 2.45) is 28.6 Å². The molecule has 5 aliphatic rings. The van der Waals surface area contributed by atoms with E-state index in [1.165, 1.54) is 14.2 Å². The highest BCUT2D eigenvalue weighted by molar-refractivity contribution is 5.97. The van der Waals surface area contributed by atoms with Crippen molar-refractivity contribution in [1.29, 1.82) is 5.26 Å². The Labute approximate surface area is 837 Å². The molecule has 14 rings (SSSR count). The molecule has 5 saturated heterocycles. The van der Waals surface area contributed by atoms with Gasteiger partial charge in [0, 0.05) is 116 Å². The summed E-state index contributed by atoms with van der Waals surface area (Å²) in [7, 11) is 12.6. The van der Waals surface area contributed by atoms with E-state index in [-0.39, 0.29) is 91.0 Å². The van der Waals surface area contributed by atoms with Crippen LogP contribution in [0.5, 0.6) is 51.7 Å². The van der Waals surface area contributed by atoms with Crippen molar-refractivity contribution in [3.63, 3.8) is 0 Å². The standard InChI is InChI=1S/C24H26N4O5.C20H27N3O5.C15H19N3O3.C11H21N3O3.C11H18N2O2.C9H9NO3.C9H10O4.ClH.H3NO/c1-31-19-9-8-18(14-20(19)32-2)24-26-22(27-33-24)16-10-12-28(13-11-16)21(29)15-25-23(30)17-6-4-3-5-7-17;1-20(2,3)27-19(24)23-10-8-13(9-11-23)17-21-18(28-22-17)14-6-7-15(25-4)16(12-14)26-5;1-19-12-4-3-11(9-13(12)20-2)15-17-14(18-21-15)10-5-7-16-8-6-10;1-11(2,3)17-10(15)14-6-4-8(5-7-14)9(12)13-16;1-11(2,3)15-10(14)13-6-4-9(8-12)5-7-13;11-8(12)6-10-9(13)7-4-2-1-3-5-7;1-11-8-4-3-7(13-6-10)5-9(8)12-2;;1-2/h3-9,14,16H,10-13,15H2,1-2H3,(H,25,30);6-7,12-13H,8-11H2,1-5H3;3-4,9-10,16H,5-8H2,1-2H3;8,16H,4-7H2,1-3H3,(H2,12,13);9H,4-7H2,1-3H3;1-5H,6H2,(H,10,13)(H,11,12);3-6H,1-2H3;1H;2H,1H2. The molecule has 43 nitrogen and oxygen atoms in total. The van der Waals surface area contributed by atoms with Gasteiger partial charge in [-0.15, -0.1) is 12.4 Å². The molecule has 3 aromatic heterocycles. The number of nitrogens with zero attached hydrogens (tertiary/aromatic N) is 12. The largest absolute Gasteiger partial charge is 0.493 e. The smallest absolute Gasteiger partial charge is 0.410 e. The first-order valence-electron chi connectivity index (χ1n) is 45.9. The van der Waals surface area contributed by atoms with Crippen molar-refractivity contribution < 1.29 is 124 Å². The number of nitrogens with one attached hydrogen (secondary N) is 3. The highest BCUT2D eigenvalue weighted by Gasteiger charge is 2.34. The zero-order valence-corrected chi connectivity index (χ0v) is 84.7. The normalized spacial score (nSPS) is 14.5. The molecule has 0 aliphatic carbocycles. The third-order valence-corrected chi connectivity index (χ3v) is 22.1. The maximum Gasteiger partial charge on any atom is 0.410 e. The SMILES string of the molecule is CC(C)(C)OC(=O)N1CCC(/C(N)=N/O)CC1.CC(C)(C)OC(=O)N1CCC(C#N)CC1.COc1ccc(-c2nc(C3CCN(C(=O)CNC(=O)c4ccccc4)CC3)no2)cc1OC.COc1ccc(-c2nc(C3CCN(C(=O)OC(C)(C)C)CC3)no2)cc1OC.COc1ccc(-c2nc(C3CCNCC3)no2)cc1OC.COc1ccc(OC=O)cc1OC.Cl.NO.O=C(O)CNC(=O)c1ccccc1. The fraction of sp³-hybridized carbons (Fsp3) is 0.475. The summed E-state index contributed by atoms with van der Waals surface area (Å²) in [5.74, 6) is 11.5. The zero-order valence-electron chi connectivity index (χ0n) is 83.9. The molecule has 0 unspecified atom stereocenters. The van der Waals surface area contributed by atoms with Gasteiger partial charge in [0.25, 0.3) is 36.0 Å². The van der Waals surface area contributed by atoms with Gasteiger partial charge in [0.1, 0.15) is 34.9 Å². The van der Waals surface area contributed by atoms with Gasteiger partial charge in [0.15, 0.2) is 63.5 Å². The van der Waals surface area contributed by atoms with Gasteiger partial charge in [0.05, 0.1) is 69.5 Å². The molecule has 0 saturated carbocycles. The molecule has 5 fully saturated rings. The van der Waals surface area contributed by atoms with Crippen molar-refractivity contribution in [1.82, 2.24) is 66.0 Å². The number of nitrogens with two attached hydrogens (primary N) is 2. The second kappa shape index (κ2) is 59.1. The molecule has 6 aromatic carbocycles. The van der Waals surface area contributed by atoms with Crippen LogP contribution in [-0.4, -0.2) is 272 Å². The molecule has 10 N–H and O–H groups in total. The Hall–Kier alpha value is -14.8. The average molecular weight is 2010 g/mol. The summed E-state index contributed by atoms with van der Waals surface area (Å²) in [5, 5.41) is 55.8. The van der Waals surface area contributed by atoms with Crippen LogP contribution in [0.1, 0.15) is 182 Å². The molecule has 44 heteroatoms. The van der Waals surface area contributed by atoms with Crippen molar-refractivity contribution in [2.75, 3.05) is 135 Å². The van der Waals surface area contributed by atoms with Crippen LogP contribution in [0.4, 0.5) is 14.4 Å². The van der Waals surface area contributed by atoms with Crippen LogP contribution in [0.2, 0.25) is 0 Å². The minimum absolute atomic E-state index is 0. The topological polar surface area (TPSA) is 562 Å². The van der Waals surface area contributed by atoms with E-state index in [9.17, 15) is 38.4 Å². The first-order chi connectivity index (χ1) is 68.0. The van der Waals surface area contributed by atoms with Crippen molar-refractivity contribution >= 4 is 66.7 Å². The number of carboxylic acids is 1. The maximum atomic E-state index is 12.5. The average Bonchev–Trinajstić information content (AvgIpc) is 1.69. The number of methoxy groups -OCH3 is 8. The number of likely N-dealkylation sites (tertiary alicyclic amines) is 4. The number of benzene rings is 6. The van der Waals surface area contributed by atoms with Crippen LogP contribution in [0, 0.1) is 23.2 Å². The number of carboxylic acid groups (broad SMARTS) is 1. The van der Waals surface area contributed by atoms with Crippen LogP contribution in [-0.2, 0) is 28.6 Å². The molecule has 0 spiro atoms. The molecular formula is C99H134ClN17O26. The van der Waals surface area contributed by atoms with Gasteiger partial charge in [-0.05, 0) is 231 Å². The second-order valence-corrected chi connectivity index (χ2v) is 35.4. The van der Waals surface area contributed by atoms with E-state index in [1.54, 1.807) is 159 Å². The lowest BCUT2D eigenvalue weighted by Crippen LogP contribution is -2.44. The van der Waals surface area contributed by atoms with Crippen LogP contribution < -0.4 is 70.2 Å². The fourth-order valence-electron chi connectivity index (χ4n) is 14.6. The van der Waals surface area contributed by atoms with E-state index in [0.717, 1.165) is 87.0 Å². The van der Waals surface area contributed by atoms with Gasteiger partial charge in [-0.1, -0.05) is 57.0 Å². The molecule has 0 atom stereocenters. The number of oxime groups is 1. The number of nitriles is 1. The number of ether oxygens (including phenoxy) is 12. The van der Waals surface area contributed by atoms with Gasteiger partial charge in [-0.3, -0.25) is 24.0 Å². The third-order valence-electron chi connectivity index (χ3n) is 22.1. The highest BCUT2D eigenvalue weighted by Crippen LogP contribution is 2.39. The van der Waals surface area contributed by atoms with E-state index in [2.05, 4.69) is 68.2 Å². The van der Waals surface area contributed by atoms with Crippen LogP contribution in [0.15, 0.2) is 152 Å². The Balaban J connectivity index is 0.000000261. The Morgan fingerprint density at radius 1 is 0.455 bits per heavy atom.